The molecule has 0 aliphatic heterocycles. The van der Waals surface area contributed by atoms with Gasteiger partial charge in [-0.3, -0.25) is 4.21 Å². The first-order chi connectivity index (χ1) is 5.61. The lowest BCUT2D eigenvalue weighted by atomic mass is 10.2. The van der Waals surface area contributed by atoms with E-state index in [2.05, 4.69) is 15.9 Å². The number of rotatable bonds is 2. The van der Waals surface area contributed by atoms with Gasteiger partial charge < -0.3 is 0 Å². The average Bonchev–Trinajstić information content (AvgIpc) is 2.03. The quantitative estimate of drug-likeness (QED) is 0.734. The molecule has 0 saturated carbocycles. The Balaban J connectivity index is 2.96. The smallest absolute Gasteiger partial charge is 0.0917 e. The molecule has 12 heavy (non-hydrogen) atoms. The SMILES string of the molecule is Cc1cccc(S(=O)C(C)Br)c1. The second kappa shape index (κ2) is 4.19. The molecule has 0 aliphatic carbocycles. The fraction of sp³-hybridized carbons (Fsp3) is 0.333. The number of benzene rings is 1. The van der Waals surface area contributed by atoms with Crippen molar-refractivity contribution < 1.29 is 4.21 Å². The van der Waals surface area contributed by atoms with E-state index >= 15 is 0 Å². The zero-order valence-electron chi connectivity index (χ0n) is 7.08. The maximum atomic E-state index is 11.6. The van der Waals surface area contributed by atoms with E-state index in [1.54, 1.807) is 0 Å². The van der Waals surface area contributed by atoms with Gasteiger partial charge in [-0.05, 0) is 31.5 Å². The van der Waals surface area contributed by atoms with E-state index < -0.39 is 10.8 Å². The van der Waals surface area contributed by atoms with Crippen molar-refractivity contribution in [3.05, 3.63) is 29.8 Å². The minimum absolute atomic E-state index is 0.0132. The standard InChI is InChI=1S/C9H11BrOS/c1-7-4-3-5-9(6-7)12(11)8(2)10/h3-6,8H,1-2H3. The van der Waals surface area contributed by atoms with Gasteiger partial charge in [-0.15, -0.1) is 0 Å². The van der Waals surface area contributed by atoms with Gasteiger partial charge in [-0.2, -0.15) is 0 Å². The third kappa shape index (κ3) is 2.42. The van der Waals surface area contributed by atoms with Crippen LogP contribution in [0.1, 0.15) is 12.5 Å². The first-order valence-corrected chi connectivity index (χ1v) is 5.85. The Morgan fingerprint density at radius 1 is 1.50 bits per heavy atom. The summed E-state index contributed by atoms with van der Waals surface area (Å²) in [5.41, 5.74) is 1.15. The molecule has 0 bridgehead atoms. The van der Waals surface area contributed by atoms with E-state index in [9.17, 15) is 4.21 Å². The summed E-state index contributed by atoms with van der Waals surface area (Å²) < 4.78 is 11.6. The van der Waals surface area contributed by atoms with Crippen molar-refractivity contribution in [2.24, 2.45) is 0 Å². The van der Waals surface area contributed by atoms with E-state index in [1.807, 2.05) is 38.1 Å². The topological polar surface area (TPSA) is 17.1 Å². The Kier molecular flexibility index (Phi) is 3.47. The highest BCUT2D eigenvalue weighted by Gasteiger charge is 2.08. The van der Waals surface area contributed by atoms with Crippen LogP contribution < -0.4 is 0 Å². The lowest BCUT2D eigenvalue weighted by Gasteiger charge is -2.04. The largest absolute Gasteiger partial charge is 0.253 e. The molecule has 0 heterocycles. The van der Waals surface area contributed by atoms with Gasteiger partial charge in [0, 0.05) is 4.90 Å². The van der Waals surface area contributed by atoms with Crippen LogP contribution in [0.15, 0.2) is 29.2 Å². The van der Waals surface area contributed by atoms with Crippen molar-refractivity contribution in [2.45, 2.75) is 22.9 Å². The van der Waals surface area contributed by atoms with Crippen LogP contribution in [-0.2, 0) is 10.8 Å². The third-order valence-electron chi connectivity index (χ3n) is 1.52. The first-order valence-electron chi connectivity index (χ1n) is 3.72. The molecule has 0 saturated heterocycles. The van der Waals surface area contributed by atoms with Crippen molar-refractivity contribution in [1.29, 1.82) is 0 Å². The predicted molar refractivity (Wildman–Crippen MR) is 56.0 cm³/mol. The van der Waals surface area contributed by atoms with Crippen LogP contribution in [0.4, 0.5) is 0 Å². The molecule has 1 aromatic carbocycles. The lowest BCUT2D eigenvalue weighted by molar-refractivity contribution is 0.682. The molecular formula is C9H11BrOS. The molecule has 66 valence electrons. The van der Waals surface area contributed by atoms with Gasteiger partial charge in [0.15, 0.2) is 0 Å². The van der Waals surface area contributed by atoms with Crippen LogP contribution in [0.5, 0.6) is 0 Å². The lowest BCUT2D eigenvalue weighted by Crippen LogP contribution is -2.02. The molecule has 0 amide bonds. The summed E-state index contributed by atoms with van der Waals surface area (Å²) in [5.74, 6) is 0. The van der Waals surface area contributed by atoms with Gasteiger partial charge in [0.05, 0.1) is 15.0 Å². The van der Waals surface area contributed by atoms with Crippen molar-refractivity contribution in [3.8, 4) is 0 Å². The fourth-order valence-electron chi connectivity index (χ4n) is 0.928. The molecule has 1 rings (SSSR count). The second-order valence-electron chi connectivity index (χ2n) is 2.66. The summed E-state index contributed by atoms with van der Waals surface area (Å²) in [6.45, 7) is 3.89. The van der Waals surface area contributed by atoms with Gasteiger partial charge >= 0.3 is 0 Å². The molecule has 0 aliphatic rings. The summed E-state index contributed by atoms with van der Waals surface area (Å²) in [5, 5.41) is 0. The molecule has 0 spiro atoms. The second-order valence-corrected chi connectivity index (χ2v) is 6.41. The van der Waals surface area contributed by atoms with Crippen molar-refractivity contribution >= 4 is 26.7 Å². The summed E-state index contributed by atoms with van der Waals surface area (Å²) in [7, 11) is -0.929. The van der Waals surface area contributed by atoms with E-state index in [4.69, 9.17) is 0 Å². The Labute approximate surface area is 83.8 Å². The number of halogens is 1. The van der Waals surface area contributed by atoms with Crippen molar-refractivity contribution in [1.82, 2.24) is 0 Å². The van der Waals surface area contributed by atoms with Crippen LogP contribution in [0, 0.1) is 6.92 Å². The Morgan fingerprint density at radius 2 is 2.17 bits per heavy atom. The highest BCUT2D eigenvalue weighted by Crippen LogP contribution is 2.15. The Morgan fingerprint density at radius 3 is 2.67 bits per heavy atom. The predicted octanol–water partition coefficient (Wildman–Crippen LogP) is 2.84. The molecule has 1 aromatic rings. The summed E-state index contributed by atoms with van der Waals surface area (Å²) in [4.78, 5) is 0.888. The van der Waals surface area contributed by atoms with E-state index in [0.29, 0.717) is 0 Å². The van der Waals surface area contributed by atoms with Crippen LogP contribution in [0.25, 0.3) is 0 Å². The summed E-state index contributed by atoms with van der Waals surface area (Å²) in [6.07, 6.45) is 0. The van der Waals surface area contributed by atoms with Crippen LogP contribution in [-0.4, -0.2) is 8.37 Å². The number of hydrogen-bond acceptors (Lipinski definition) is 1. The summed E-state index contributed by atoms with van der Waals surface area (Å²) >= 11 is 3.30. The molecule has 0 radical (unpaired) electrons. The monoisotopic (exact) mass is 246 g/mol. The van der Waals surface area contributed by atoms with Crippen LogP contribution in [0.3, 0.4) is 0 Å². The summed E-state index contributed by atoms with van der Waals surface area (Å²) in [6, 6.07) is 7.77. The molecular weight excluding hydrogens is 236 g/mol. The molecule has 0 aromatic heterocycles. The number of aryl methyl sites for hydroxylation is 1. The normalized spacial score (nSPS) is 15.6. The maximum Gasteiger partial charge on any atom is 0.0917 e. The first kappa shape index (κ1) is 9.93. The maximum absolute atomic E-state index is 11.6. The molecule has 2 atom stereocenters. The highest BCUT2D eigenvalue weighted by molar-refractivity contribution is 9.11. The van der Waals surface area contributed by atoms with Gasteiger partial charge in [-0.25, -0.2) is 0 Å². The minimum Gasteiger partial charge on any atom is -0.253 e. The van der Waals surface area contributed by atoms with E-state index in [-0.39, 0.29) is 4.16 Å². The molecule has 2 unspecified atom stereocenters. The zero-order valence-corrected chi connectivity index (χ0v) is 9.48. The molecule has 1 nitrogen and oxygen atoms in total. The van der Waals surface area contributed by atoms with Crippen molar-refractivity contribution in [2.75, 3.05) is 0 Å². The highest BCUT2D eigenvalue weighted by atomic mass is 79.9. The zero-order chi connectivity index (χ0) is 9.14. The molecule has 0 N–H and O–H groups in total. The van der Waals surface area contributed by atoms with Gasteiger partial charge in [0.25, 0.3) is 0 Å². The Hall–Kier alpha value is -0.150. The molecule has 3 heteroatoms. The third-order valence-corrected chi connectivity index (χ3v) is 3.84. The fourth-order valence-corrected chi connectivity index (χ4v) is 2.47. The van der Waals surface area contributed by atoms with Crippen LogP contribution >= 0.6 is 15.9 Å². The molecule has 0 fully saturated rings. The van der Waals surface area contributed by atoms with E-state index in [1.165, 1.54) is 0 Å². The minimum atomic E-state index is -0.929. The van der Waals surface area contributed by atoms with Gasteiger partial charge in [0.2, 0.25) is 0 Å². The van der Waals surface area contributed by atoms with Crippen molar-refractivity contribution in [3.63, 3.8) is 0 Å². The average molecular weight is 247 g/mol. The van der Waals surface area contributed by atoms with E-state index in [0.717, 1.165) is 10.5 Å². The number of alkyl halides is 1. The van der Waals surface area contributed by atoms with Crippen LogP contribution in [0.2, 0.25) is 0 Å². The Bertz CT molecular complexity index is 296. The van der Waals surface area contributed by atoms with Gasteiger partial charge in [-0.1, -0.05) is 28.1 Å². The van der Waals surface area contributed by atoms with Gasteiger partial charge in [0.1, 0.15) is 0 Å². The number of hydrogen-bond donors (Lipinski definition) is 0.